The number of hydrogen-bond donors (Lipinski definition) is 2. The molecule has 0 saturated heterocycles. The van der Waals surface area contributed by atoms with Crippen LogP contribution in [0.25, 0.3) is 0 Å². The Morgan fingerprint density at radius 3 is 2.75 bits per heavy atom. The smallest absolute Gasteiger partial charge is 0.213 e. The SMILES string of the molecule is CCCN(CCCOc1ccc(CO)cn1)CCNC. The van der Waals surface area contributed by atoms with Gasteiger partial charge in [-0.25, -0.2) is 4.98 Å². The van der Waals surface area contributed by atoms with E-state index in [2.05, 4.69) is 22.1 Å². The number of pyridine rings is 1. The molecule has 1 aromatic rings. The minimum Gasteiger partial charge on any atom is -0.478 e. The third-order valence-electron chi connectivity index (χ3n) is 3.07. The van der Waals surface area contributed by atoms with E-state index in [9.17, 15) is 0 Å². The summed E-state index contributed by atoms with van der Waals surface area (Å²) in [5.41, 5.74) is 0.804. The average Bonchev–Trinajstić information content (AvgIpc) is 2.49. The Labute approximate surface area is 122 Å². The van der Waals surface area contributed by atoms with E-state index >= 15 is 0 Å². The van der Waals surface area contributed by atoms with Crippen molar-refractivity contribution in [3.8, 4) is 5.88 Å². The average molecular weight is 281 g/mol. The summed E-state index contributed by atoms with van der Waals surface area (Å²) >= 11 is 0. The fourth-order valence-corrected chi connectivity index (χ4v) is 1.98. The molecule has 2 N–H and O–H groups in total. The van der Waals surface area contributed by atoms with Gasteiger partial charge in [0.2, 0.25) is 5.88 Å². The van der Waals surface area contributed by atoms with Crippen LogP contribution in [0.2, 0.25) is 0 Å². The second-order valence-corrected chi connectivity index (χ2v) is 4.81. The van der Waals surface area contributed by atoms with E-state index in [4.69, 9.17) is 9.84 Å². The van der Waals surface area contributed by atoms with Crippen molar-refractivity contribution in [3.05, 3.63) is 23.9 Å². The Morgan fingerprint density at radius 2 is 2.15 bits per heavy atom. The quantitative estimate of drug-likeness (QED) is 0.598. The molecule has 0 amide bonds. The van der Waals surface area contributed by atoms with Gasteiger partial charge < -0.3 is 20.1 Å². The van der Waals surface area contributed by atoms with E-state index in [1.165, 1.54) is 6.42 Å². The molecule has 1 aromatic heterocycles. The largest absolute Gasteiger partial charge is 0.478 e. The number of likely N-dealkylation sites (N-methyl/N-ethyl adjacent to an activating group) is 1. The third-order valence-corrected chi connectivity index (χ3v) is 3.07. The Morgan fingerprint density at radius 1 is 1.30 bits per heavy atom. The Bertz CT molecular complexity index is 343. The van der Waals surface area contributed by atoms with E-state index in [1.54, 1.807) is 12.3 Å². The number of aromatic nitrogens is 1. The normalized spacial score (nSPS) is 11.0. The molecule has 5 heteroatoms. The van der Waals surface area contributed by atoms with Gasteiger partial charge in [-0.3, -0.25) is 0 Å². The van der Waals surface area contributed by atoms with Crippen molar-refractivity contribution >= 4 is 0 Å². The number of ether oxygens (including phenoxy) is 1. The van der Waals surface area contributed by atoms with Gasteiger partial charge in [-0.2, -0.15) is 0 Å². The van der Waals surface area contributed by atoms with Gasteiger partial charge in [0.15, 0.2) is 0 Å². The van der Waals surface area contributed by atoms with Gasteiger partial charge in [-0.1, -0.05) is 6.92 Å². The van der Waals surface area contributed by atoms with E-state index in [1.807, 2.05) is 13.1 Å². The molecule has 0 saturated carbocycles. The molecule has 0 bridgehead atoms. The number of aliphatic hydroxyl groups is 1. The minimum absolute atomic E-state index is 0.0186. The highest BCUT2D eigenvalue weighted by molar-refractivity contribution is 5.16. The zero-order chi connectivity index (χ0) is 14.6. The van der Waals surface area contributed by atoms with Crippen LogP contribution in [-0.4, -0.2) is 54.8 Å². The number of nitrogens with zero attached hydrogens (tertiary/aromatic N) is 2. The predicted molar refractivity (Wildman–Crippen MR) is 80.9 cm³/mol. The van der Waals surface area contributed by atoms with Crippen LogP contribution in [0.15, 0.2) is 18.3 Å². The molecule has 20 heavy (non-hydrogen) atoms. The second kappa shape index (κ2) is 10.6. The molecule has 0 fully saturated rings. The van der Waals surface area contributed by atoms with E-state index in [-0.39, 0.29) is 6.61 Å². The van der Waals surface area contributed by atoms with Crippen molar-refractivity contribution in [3.63, 3.8) is 0 Å². The van der Waals surface area contributed by atoms with Gasteiger partial charge in [0, 0.05) is 31.9 Å². The highest BCUT2D eigenvalue weighted by Crippen LogP contribution is 2.07. The number of hydrogen-bond acceptors (Lipinski definition) is 5. The molecule has 0 aliphatic rings. The summed E-state index contributed by atoms with van der Waals surface area (Å²) in [5.74, 6) is 0.625. The van der Waals surface area contributed by atoms with Crippen molar-refractivity contribution in [1.29, 1.82) is 0 Å². The van der Waals surface area contributed by atoms with Crippen molar-refractivity contribution in [2.24, 2.45) is 0 Å². The molecular weight excluding hydrogens is 254 g/mol. The minimum atomic E-state index is 0.0186. The molecule has 0 radical (unpaired) electrons. The Balaban J connectivity index is 2.21. The maximum absolute atomic E-state index is 8.93. The highest BCUT2D eigenvalue weighted by Gasteiger charge is 2.03. The van der Waals surface area contributed by atoms with Gasteiger partial charge in [-0.05, 0) is 38.1 Å². The maximum atomic E-state index is 8.93. The molecule has 0 unspecified atom stereocenters. The monoisotopic (exact) mass is 281 g/mol. The summed E-state index contributed by atoms with van der Waals surface area (Å²) < 4.78 is 5.60. The fourth-order valence-electron chi connectivity index (χ4n) is 1.98. The molecule has 1 rings (SSSR count). The molecule has 5 nitrogen and oxygen atoms in total. The van der Waals surface area contributed by atoms with Crippen molar-refractivity contribution < 1.29 is 9.84 Å². The summed E-state index contributed by atoms with van der Waals surface area (Å²) in [6.45, 7) is 7.17. The second-order valence-electron chi connectivity index (χ2n) is 4.81. The lowest BCUT2D eigenvalue weighted by Gasteiger charge is -2.21. The lowest BCUT2D eigenvalue weighted by Crippen LogP contribution is -2.33. The van der Waals surface area contributed by atoms with Gasteiger partial charge >= 0.3 is 0 Å². The summed E-state index contributed by atoms with van der Waals surface area (Å²) in [7, 11) is 1.98. The summed E-state index contributed by atoms with van der Waals surface area (Å²) in [5, 5.41) is 12.1. The van der Waals surface area contributed by atoms with Crippen molar-refractivity contribution in [1.82, 2.24) is 15.2 Å². The topological polar surface area (TPSA) is 57.6 Å². The van der Waals surface area contributed by atoms with Crippen molar-refractivity contribution in [2.45, 2.75) is 26.4 Å². The summed E-state index contributed by atoms with van der Waals surface area (Å²) in [6.07, 6.45) is 3.81. The summed E-state index contributed by atoms with van der Waals surface area (Å²) in [6, 6.07) is 3.63. The van der Waals surface area contributed by atoms with Gasteiger partial charge in [-0.15, -0.1) is 0 Å². The summed E-state index contributed by atoms with van der Waals surface area (Å²) in [4.78, 5) is 6.59. The first-order valence-corrected chi connectivity index (χ1v) is 7.35. The lowest BCUT2D eigenvalue weighted by molar-refractivity contribution is 0.231. The highest BCUT2D eigenvalue weighted by atomic mass is 16.5. The molecular formula is C15H27N3O2. The standard InChI is InChI=1S/C15H27N3O2/c1-3-8-18(10-7-16-2)9-4-11-20-15-6-5-14(13-19)12-17-15/h5-6,12,16,19H,3-4,7-11,13H2,1-2H3. The van der Waals surface area contributed by atoms with Crippen LogP contribution >= 0.6 is 0 Å². The van der Waals surface area contributed by atoms with Crippen LogP contribution in [0.5, 0.6) is 5.88 Å². The van der Waals surface area contributed by atoms with Crippen LogP contribution in [0.1, 0.15) is 25.3 Å². The van der Waals surface area contributed by atoms with Gasteiger partial charge in [0.25, 0.3) is 0 Å². The van der Waals surface area contributed by atoms with E-state index in [0.29, 0.717) is 12.5 Å². The lowest BCUT2D eigenvalue weighted by atomic mass is 10.3. The van der Waals surface area contributed by atoms with Crippen LogP contribution in [0.4, 0.5) is 0 Å². The Hall–Kier alpha value is -1.17. The van der Waals surface area contributed by atoms with Crippen LogP contribution < -0.4 is 10.1 Å². The van der Waals surface area contributed by atoms with Crippen LogP contribution in [0, 0.1) is 0 Å². The van der Waals surface area contributed by atoms with E-state index in [0.717, 1.165) is 38.2 Å². The van der Waals surface area contributed by atoms with Gasteiger partial charge in [0.05, 0.1) is 13.2 Å². The first-order valence-electron chi connectivity index (χ1n) is 7.35. The molecule has 114 valence electrons. The zero-order valence-corrected chi connectivity index (χ0v) is 12.6. The first kappa shape index (κ1) is 16.9. The number of aliphatic hydroxyl groups excluding tert-OH is 1. The Kier molecular flexibility index (Phi) is 8.95. The van der Waals surface area contributed by atoms with Gasteiger partial charge in [0.1, 0.15) is 0 Å². The maximum Gasteiger partial charge on any atom is 0.213 e. The third kappa shape index (κ3) is 6.84. The molecule has 0 aliphatic carbocycles. The molecule has 0 aromatic carbocycles. The molecule has 1 heterocycles. The molecule has 0 atom stereocenters. The number of rotatable bonds is 11. The van der Waals surface area contributed by atoms with E-state index < -0.39 is 0 Å². The first-order chi connectivity index (χ1) is 9.80. The van der Waals surface area contributed by atoms with Crippen molar-refractivity contribution in [2.75, 3.05) is 39.8 Å². The number of nitrogens with one attached hydrogen (secondary N) is 1. The molecule has 0 aliphatic heterocycles. The fraction of sp³-hybridized carbons (Fsp3) is 0.667. The zero-order valence-electron chi connectivity index (χ0n) is 12.6. The predicted octanol–water partition coefficient (Wildman–Crippen LogP) is 1.27. The molecule has 0 spiro atoms. The van der Waals surface area contributed by atoms with Crippen LogP contribution in [-0.2, 0) is 6.61 Å². The van der Waals surface area contributed by atoms with Crippen LogP contribution in [0.3, 0.4) is 0 Å².